The zero-order valence-corrected chi connectivity index (χ0v) is 11.0. The first-order chi connectivity index (χ1) is 8.06. The van der Waals surface area contributed by atoms with Crippen LogP contribution in [0.25, 0.3) is 0 Å². The first-order valence-electron chi connectivity index (χ1n) is 5.53. The number of amides is 1. The molecule has 6 heteroatoms. The quantitative estimate of drug-likeness (QED) is 0.779. The molecular formula is C11H15ClN2O2S. The molecule has 1 fully saturated rings. The van der Waals surface area contributed by atoms with Crippen LogP contribution in [0.15, 0.2) is 12.1 Å². The molecular weight excluding hydrogens is 260 g/mol. The van der Waals surface area contributed by atoms with Crippen LogP contribution in [0.4, 0.5) is 0 Å². The van der Waals surface area contributed by atoms with Crippen molar-refractivity contribution in [3.63, 3.8) is 0 Å². The van der Waals surface area contributed by atoms with Crippen LogP contribution in [0.3, 0.4) is 0 Å². The Kier molecular flexibility index (Phi) is 4.04. The minimum atomic E-state index is -0.419. The van der Waals surface area contributed by atoms with E-state index in [-0.39, 0.29) is 18.0 Å². The third-order valence-corrected chi connectivity index (χ3v) is 4.22. The number of hydrogen-bond acceptors (Lipinski definition) is 4. The molecule has 1 aromatic heterocycles. The molecule has 0 spiro atoms. The van der Waals surface area contributed by atoms with Gasteiger partial charge in [0.15, 0.2) is 0 Å². The standard InChI is InChI=1S/C11H15ClN2O2S/c1-6(9-2-3-10(12)17-9)14-11(16)8-4-7(15)5-13-8/h2-3,6-8,13,15H,4-5H2,1H3,(H,14,16). The maximum atomic E-state index is 11.9. The lowest BCUT2D eigenvalue weighted by molar-refractivity contribution is -0.123. The highest BCUT2D eigenvalue weighted by atomic mass is 35.5. The monoisotopic (exact) mass is 274 g/mol. The summed E-state index contributed by atoms with van der Waals surface area (Å²) in [7, 11) is 0. The smallest absolute Gasteiger partial charge is 0.237 e. The molecule has 1 aliphatic rings. The van der Waals surface area contributed by atoms with E-state index >= 15 is 0 Å². The van der Waals surface area contributed by atoms with E-state index in [0.29, 0.717) is 13.0 Å². The van der Waals surface area contributed by atoms with E-state index in [1.54, 1.807) is 0 Å². The van der Waals surface area contributed by atoms with Crippen molar-refractivity contribution in [1.82, 2.24) is 10.6 Å². The predicted octanol–water partition coefficient (Wildman–Crippen LogP) is 1.30. The van der Waals surface area contributed by atoms with E-state index in [1.807, 2.05) is 19.1 Å². The van der Waals surface area contributed by atoms with Crippen LogP contribution in [0, 0.1) is 0 Å². The molecule has 0 bridgehead atoms. The predicted molar refractivity (Wildman–Crippen MR) is 68.3 cm³/mol. The van der Waals surface area contributed by atoms with Crippen molar-refractivity contribution >= 4 is 28.8 Å². The third kappa shape index (κ3) is 3.19. The number of β-amino-alcohol motifs (C(OH)–C–C–N with tert-alkyl or cyclic N) is 1. The van der Waals surface area contributed by atoms with Gasteiger partial charge in [0.25, 0.3) is 0 Å². The van der Waals surface area contributed by atoms with Crippen LogP contribution in [0.1, 0.15) is 24.3 Å². The molecule has 0 saturated carbocycles. The van der Waals surface area contributed by atoms with Gasteiger partial charge in [0, 0.05) is 11.4 Å². The lowest BCUT2D eigenvalue weighted by atomic mass is 10.1. The van der Waals surface area contributed by atoms with E-state index in [4.69, 9.17) is 11.6 Å². The zero-order chi connectivity index (χ0) is 12.4. The molecule has 1 saturated heterocycles. The van der Waals surface area contributed by atoms with Gasteiger partial charge in [0.05, 0.1) is 22.5 Å². The van der Waals surface area contributed by atoms with Gasteiger partial charge in [0.2, 0.25) is 5.91 Å². The minimum Gasteiger partial charge on any atom is -0.392 e. The first-order valence-corrected chi connectivity index (χ1v) is 6.73. The fraction of sp³-hybridized carbons (Fsp3) is 0.545. The Morgan fingerprint density at radius 1 is 1.71 bits per heavy atom. The highest BCUT2D eigenvalue weighted by Gasteiger charge is 2.28. The summed E-state index contributed by atoms with van der Waals surface area (Å²) in [5.41, 5.74) is 0. The number of thiophene rings is 1. The maximum Gasteiger partial charge on any atom is 0.237 e. The molecule has 1 aliphatic heterocycles. The highest BCUT2D eigenvalue weighted by Crippen LogP contribution is 2.26. The number of aliphatic hydroxyl groups excluding tert-OH is 1. The van der Waals surface area contributed by atoms with E-state index in [9.17, 15) is 9.90 Å². The zero-order valence-electron chi connectivity index (χ0n) is 9.44. The van der Waals surface area contributed by atoms with Crippen LogP contribution >= 0.6 is 22.9 Å². The minimum absolute atomic E-state index is 0.0560. The summed E-state index contributed by atoms with van der Waals surface area (Å²) in [6, 6.07) is 3.39. The second-order valence-electron chi connectivity index (χ2n) is 4.22. The van der Waals surface area contributed by atoms with Gasteiger partial charge < -0.3 is 15.7 Å². The molecule has 3 N–H and O–H groups in total. The van der Waals surface area contributed by atoms with Crippen LogP contribution in [0.5, 0.6) is 0 Å². The second kappa shape index (κ2) is 5.35. The van der Waals surface area contributed by atoms with Crippen LogP contribution < -0.4 is 10.6 Å². The summed E-state index contributed by atoms with van der Waals surface area (Å²) >= 11 is 7.31. The lowest BCUT2D eigenvalue weighted by Crippen LogP contribution is -2.41. The van der Waals surface area contributed by atoms with Crippen molar-refractivity contribution in [3.05, 3.63) is 21.3 Å². The van der Waals surface area contributed by atoms with Crippen LogP contribution in [-0.4, -0.2) is 29.7 Å². The van der Waals surface area contributed by atoms with Crippen molar-refractivity contribution in [1.29, 1.82) is 0 Å². The van der Waals surface area contributed by atoms with Crippen LogP contribution in [0.2, 0.25) is 4.34 Å². The van der Waals surface area contributed by atoms with Crippen molar-refractivity contribution in [3.8, 4) is 0 Å². The van der Waals surface area contributed by atoms with Gasteiger partial charge in [-0.25, -0.2) is 0 Å². The van der Waals surface area contributed by atoms with Crippen molar-refractivity contribution < 1.29 is 9.90 Å². The molecule has 94 valence electrons. The third-order valence-electron chi connectivity index (χ3n) is 2.80. The topological polar surface area (TPSA) is 61.4 Å². The molecule has 0 aliphatic carbocycles. The average molecular weight is 275 g/mol. The number of carbonyl (C=O) groups is 1. The summed E-state index contributed by atoms with van der Waals surface area (Å²) in [5, 5.41) is 15.2. The number of carbonyl (C=O) groups excluding carboxylic acids is 1. The molecule has 3 atom stereocenters. The Balaban J connectivity index is 1.90. The molecule has 4 nitrogen and oxygen atoms in total. The Labute approximate surface area is 109 Å². The van der Waals surface area contributed by atoms with Crippen molar-refractivity contribution in [2.45, 2.75) is 31.5 Å². The summed E-state index contributed by atoms with van der Waals surface area (Å²) in [6.07, 6.45) is 0.0567. The summed E-state index contributed by atoms with van der Waals surface area (Å²) in [5.74, 6) is -0.0708. The fourth-order valence-corrected chi connectivity index (χ4v) is 2.93. The van der Waals surface area contributed by atoms with Crippen molar-refractivity contribution in [2.24, 2.45) is 0 Å². The number of hydrogen-bond donors (Lipinski definition) is 3. The Morgan fingerprint density at radius 3 is 3.00 bits per heavy atom. The number of aliphatic hydroxyl groups is 1. The highest BCUT2D eigenvalue weighted by molar-refractivity contribution is 7.16. The number of rotatable bonds is 3. The average Bonchev–Trinajstić information content (AvgIpc) is 2.87. The molecule has 3 unspecified atom stereocenters. The molecule has 2 heterocycles. The Bertz CT molecular complexity index is 410. The van der Waals surface area contributed by atoms with Gasteiger partial charge in [-0.3, -0.25) is 4.79 Å². The van der Waals surface area contributed by atoms with Gasteiger partial charge >= 0.3 is 0 Å². The molecule has 2 rings (SSSR count). The number of nitrogens with one attached hydrogen (secondary N) is 2. The van der Waals surface area contributed by atoms with Crippen molar-refractivity contribution in [2.75, 3.05) is 6.54 Å². The van der Waals surface area contributed by atoms with Gasteiger partial charge in [-0.1, -0.05) is 11.6 Å². The van der Waals surface area contributed by atoms with E-state index in [0.717, 1.165) is 9.21 Å². The van der Waals surface area contributed by atoms with Gasteiger partial charge in [0.1, 0.15) is 0 Å². The molecule has 17 heavy (non-hydrogen) atoms. The fourth-order valence-electron chi connectivity index (χ4n) is 1.86. The maximum absolute atomic E-state index is 11.9. The van der Waals surface area contributed by atoms with Gasteiger partial charge in [-0.05, 0) is 25.5 Å². The SMILES string of the molecule is CC(NC(=O)C1CC(O)CN1)c1ccc(Cl)s1. The first kappa shape index (κ1) is 12.8. The van der Waals surface area contributed by atoms with Crippen LogP contribution in [-0.2, 0) is 4.79 Å². The summed E-state index contributed by atoms with van der Waals surface area (Å²) in [4.78, 5) is 12.9. The normalized spacial score (nSPS) is 25.8. The molecule has 1 amide bonds. The largest absolute Gasteiger partial charge is 0.392 e. The molecule has 1 aromatic rings. The second-order valence-corrected chi connectivity index (χ2v) is 5.97. The Hall–Kier alpha value is -0.620. The van der Waals surface area contributed by atoms with E-state index in [2.05, 4.69) is 10.6 Å². The number of halogens is 1. The van der Waals surface area contributed by atoms with Gasteiger partial charge in [-0.15, -0.1) is 11.3 Å². The van der Waals surface area contributed by atoms with E-state index < -0.39 is 6.10 Å². The molecule has 0 aromatic carbocycles. The lowest BCUT2D eigenvalue weighted by Gasteiger charge is -2.16. The molecule has 0 radical (unpaired) electrons. The van der Waals surface area contributed by atoms with Gasteiger partial charge in [-0.2, -0.15) is 0 Å². The summed E-state index contributed by atoms with van der Waals surface area (Å²) in [6.45, 7) is 2.41. The van der Waals surface area contributed by atoms with E-state index in [1.165, 1.54) is 11.3 Å². The summed E-state index contributed by atoms with van der Waals surface area (Å²) < 4.78 is 0.718. The Morgan fingerprint density at radius 2 is 2.47 bits per heavy atom.